The Morgan fingerprint density at radius 2 is 1.56 bits per heavy atom. The van der Waals surface area contributed by atoms with Crippen LogP contribution in [0.4, 0.5) is 0 Å². The Morgan fingerprint density at radius 1 is 0.912 bits per heavy atom. The van der Waals surface area contributed by atoms with Crippen molar-refractivity contribution < 1.29 is 9.59 Å². The summed E-state index contributed by atoms with van der Waals surface area (Å²) in [6.45, 7) is 6.90. The fourth-order valence-electron chi connectivity index (χ4n) is 4.18. The molecular formula is C29H33ClN2O2. The zero-order valence-corrected chi connectivity index (χ0v) is 20.9. The number of aryl methyl sites for hydroxylation is 2. The van der Waals surface area contributed by atoms with Gasteiger partial charge in [0.1, 0.15) is 6.04 Å². The molecule has 0 aromatic heterocycles. The first-order valence-electron chi connectivity index (χ1n) is 11.8. The highest BCUT2D eigenvalue weighted by molar-refractivity contribution is 6.31. The van der Waals surface area contributed by atoms with Crippen LogP contribution in [0.15, 0.2) is 72.8 Å². The molecule has 5 heteroatoms. The van der Waals surface area contributed by atoms with Crippen molar-refractivity contribution >= 4 is 23.4 Å². The number of nitrogens with one attached hydrogen (secondary N) is 1. The van der Waals surface area contributed by atoms with Gasteiger partial charge in [0.2, 0.25) is 11.8 Å². The van der Waals surface area contributed by atoms with Crippen LogP contribution in [0.5, 0.6) is 0 Å². The van der Waals surface area contributed by atoms with Crippen LogP contribution in [0.2, 0.25) is 5.02 Å². The van der Waals surface area contributed by atoms with Crippen LogP contribution < -0.4 is 5.32 Å². The number of nitrogens with zero attached hydrogens (tertiary/aromatic N) is 1. The second-order valence-corrected chi connectivity index (χ2v) is 9.19. The minimum atomic E-state index is -0.649. The van der Waals surface area contributed by atoms with E-state index in [1.807, 2.05) is 87.5 Å². The fourth-order valence-corrected chi connectivity index (χ4v) is 4.37. The Kier molecular flexibility index (Phi) is 9.29. The molecule has 0 heterocycles. The van der Waals surface area contributed by atoms with Crippen LogP contribution >= 0.6 is 11.6 Å². The fraction of sp³-hybridized carbons (Fsp3) is 0.310. The van der Waals surface area contributed by atoms with E-state index in [0.717, 1.165) is 34.2 Å². The Balaban J connectivity index is 1.98. The quantitative estimate of drug-likeness (QED) is 0.410. The number of amides is 2. The highest BCUT2D eigenvalue weighted by Gasteiger charge is 2.30. The first kappa shape index (κ1) is 25.5. The van der Waals surface area contributed by atoms with E-state index < -0.39 is 6.04 Å². The van der Waals surface area contributed by atoms with Gasteiger partial charge in [0, 0.05) is 24.5 Å². The summed E-state index contributed by atoms with van der Waals surface area (Å²) in [5.41, 5.74) is 4.99. The van der Waals surface area contributed by atoms with Crippen molar-refractivity contribution in [2.45, 2.75) is 52.6 Å². The maximum absolute atomic E-state index is 13.8. The Labute approximate surface area is 207 Å². The van der Waals surface area contributed by atoms with Gasteiger partial charge >= 0.3 is 0 Å². The lowest BCUT2D eigenvalue weighted by Gasteiger charge is -2.32. The minimum Gasteiger partial charge on any atom is -0.354 e. The molecule has 0 unspecified atom stereocenters. The maximum atomic E-state index is 13.8. The zero-order valence-electron chi connectivity index (χ0n) is 20.2. The normalized spacial score (nSPS) is 11.6. The molecule has 3 aromatic rings. The Bertz CT molecular complexity index is 1090. The molecule has 0 fully saturated rings. The predicted octanol–water partition coefficient (Wildman–Crippen LogP) is 5.67. The standard InChI is InChI=1S/C29H33ClN2O2/c1-4-14-31-29(34)27(18-23-10-6-5-7-11-23)32(20-25-12-8-9-13-26(25)30)28(33)19-24-16-21(2)15-22(3)17-24/h5-13,15-17,27H,4,14,18-20H2,1-3H3,(H,31,34)/t27-/m1/s1. The van der Waals surface area contributed by atoms with Gasteiger partial charge in [-0.3, -0.25) is 9.59 Å². The first-order valence-corrected chi connectivity index (χ1v) is 12.2. The Hall–Kier alpha value is -3.11. The molecule has 2 amide bonds. The molecule has 1 atom stereocenters. The summed E-state index contributed by atoms with van der Waals surface area (Å²) in [6, 6.07) is 22.8. The highest BCUT2D eigenvalue weighted by Crippen LogP contribution is 2.22. The van der Waals surface area contributed by atoms with E-state index in [-0.39, 0.29) is 24.8 Å². The average Bonchev–Trinajstić information content (AvgIpc) is 2.80. The molecule has 0 aliphatic carbocycles. The summed E-state index contributed by atoms with van der Waals surface area (Å²) < 4.78 is 0. The van der Waals surface area contributed by atoms with Crippen LogP contribution in [-0.4, -0.2) is 29.3 Å². The SMILES string of the molecule is CCCNC(=O)[C@@H](Cc1ccccc1)N(Cc1ccccc1Cl)C(=O)Cc1cc(C)cc(C)c1. The molecule has 0 saturated carbocycles. The van der Waals surface area contributed by atoms with Crippen molar-refractivity contribution in [3.63, 3.8) is 0 Å². The van der Waals surface area contributed by atoms with Gasteiger partial charge < -0.3 is 10.2 Å². The minimum absolute atomic E-state index is 0.0995. The van der Waals surface area contributed by atoms with Crippen LogP contribution in [0.25, 0.3) is 0 Å². The summed E-state index contributed by atoms with van der Waals surface area (Å²) >= 11 is 6.46. The van der Waals surface area contributed by atoms with Crippen molar-refractivity contribution in [1.82, 2.24) is 10.2 Å². The van der Waals surface area contributed by atoms with Crippen molar-refractivity contribution in [3.8, 4) is 0 Å². The van der Waals surface area contributed by atoms with Gasteiger partial charge in [0.05, 0.1) is 6.42 Å². The predicted molar refractivity (Wildman–Crippen MR) is 139 cm³/mol. The monoisotopic (exact) mass is 476 g/mol. The maximum Gasteiger partial charge on any atom is 0.243 e. The van der Waals surface area contributed by atoms with Crippen LogP contribution in [0.1, 0.15) is 41.2 Å². The third kappa shape index (κ3) is 7.19. The number of carbonyl (C=O) groups excluding carboxylic acids is 2. The van der Waals surface area contributed by atoms with E-state index in [4.69, 9.17) is 11.6 Å². The number of benzene rings is 3. The topological polar surface area (TPSA) is 49.4 Å². The largest absolute Gasteiger partial charge is 0.354 e. The van der Waals surface area contributed by atoms with Gasteiger partial charge in [-0.05, 0) is 43.0 Å². The molecule has 0 aliphatic rings. The average molecular weight is 477 g/mol. The Morgan fingerprint density at radius 3 is 2.21 bits per heavy atom. The molecule has 0 saturated heterocycles. The van der Waals surface area contributed by atoms with E-state index in [1.165, 1.54) is 0 Å². The zero-order chi connectivity index (χ0) is 24.5. The smallest absolute Gasteiger partial charge is 0.243 e. The van der Waals surface area contributed by atoms with Crippen LogP contribution in [0, 0.1) is 13.8 Å². The van der Waals surface area contributed by atoms with Crippen LogP contribution in [-0.2, 0) is 29.0 Å². The third-order valence-corrected chi connectivity index (χ3v) is 6.12. The van der Waals surface area contributed by atoms with Gasteiger partial charge in [0.15, 0.2) is 0 Å². The van der Waals surface area contributed by atoms with E-state index >= 15 is 0 Å². The summed E-state index contributed by atoms with van der Waals surface area (Å²) in [5, 5.41) is 3.59. The molecule has 0 spiro atoms. The van der Waals surface area contributed by atoms with Gasteiger partial charge in [-0.25, -0.2) is 0 Å². The molecule has 3 rings (SSSR count). The second kappa shape index (κ2) is 12.4. The summed E-state index contributed by atoms with van der Waals surface area (Å²) in [5.74, 6) is -0.246. The van der Waals surface area contributed by atoms with E-state index in [9.17, 15) is 9.59 Å². The van der Waals surface area contributed by atoms with Crippen molar-refractivity contribution in [2.75, 3.05) is 6.54 Å². The molecular weight excluding hydrogens is 444 g/mol. The van der Waals surface area contributed by atoms with Crippen LogP contribution in [0.3, 0.4) is 0 Å². The molecule has 178 valence electrons. The van der Waals surface area contributed by atoms with Gasteiger partial charge in [0.25, 0.3) is 0 Å². The number of hydrogen-bond acceptors (Lipinski definition) is 2. The van der Waals surface area contributed by atoms with Crippen molar-refractivity contribution in [1.29, 1.82) is 0 Å². The van der Waals surface area contributed by atoms with E-state index in [2.05, 4.69) is 11.4 Å². The molecule has 4 nitrogen and oxygen atoms in total. The molecule has 3 aromatic carbocycles. The number of rotatable bonds is 10. The molecule has 0 aliphatic heterocycles. The summed E-state index contributed by atoms with van der Waals surface area (Å²) in [7, 11) is 0. The number of carbonyl (C=O) groups is 2. The number of halogens is 1. The van der Waals surface area contributed by atoms with Crippen molar-refractivity contribution in [2.24, 2.45) is 0 Å². The molecule has 34 heavy (non-hydrogen) atoms. The molecule has 1 N–H and O–H groups in total. The number of hydrogen-bond donors (Lipinski definition) is 1. The second-order valence-electron chi connectivity index (χ2n) is 8.78. The van der Waals surface area contributed by atoms with Gasteiger partial charge in [-0.15, -0.1) is 0 Å². The van der Waals surface area contributed by atoms with Crippen molar-refractivity contribution in [3.05, 3.63) is 106 Å². The van der Waals surface area contributed by atoms with E-state index in [1.54, 1.807) is 4.90 Å². The van der Waals surface area contributed by atoms with Gasteiger partial charge in [-0.1, -0.05) is 96.4 Å². The van der Waals surface area contributed by atoms with E-state index in [0.29, 0.717) is 18.0 Å². The lowest BCUT2D eigenvalue weighted by Crippen LogP contribution is -2.51. The molecule has 0 radical (unpaired) electrons. The molecule has 0 bridgehead atoms. The summed E-state index contributed by atoms with van der Waals surface area (Å²) in [6.07, 6.45) is 1.48. The van der Waals surface area contributed by atoms with Gasteiger partial charge in [-0.2, -0.15) is 0 Å². The summed E-state index contributed by atoms with van der Waals surface area (Å²) in [4.78, 5) is 28.8. The third-order valence-electron chi connectivity index (χ3n) is 5.76. The first-order chi connectivity index (χ1) is 16.4. The lowest BCUT2D eigenvalue weighted by molar-refractivity contribution is -0.140. The lowest BCUT2D eigenvalue weighted by atomic mass is 10.00. The highest BCUT2D eigenvalue weighted by atomic mass is 35.5.